The van der Waals surface area contributed by atoms with Crippen molar-refractivity contribution < 1.29 is 9.47 Å². The molecule has 1 heterocycles. The van der Waals surface area contributed by atoms with E-state index >= 15 is 0 Å². The summed E-state index contributed by atoms with van der Waals surface area (Å²) in [6.45, 7) is 0.707. The zero-order chi connectivity index (χ0) is 15.0. The smallest absolute Gasteiger partial charge is 0.216 e. The van der Waals surface area contributed by atoms with Crippen molar-refractivity contribution in [2.75, 3.05) is 0 Å². The van der Waals surface area contributed by atoms with Crippen LogP contribution >= 0.6 is 0 Å². The molecule has 2 aromatic carbocycles. The van der Waals surface area contributed by atoms with Crippen LogP contribution < -0.4 is 4.74 Å². The second-order valence-electron chi connectivity index (χ2n) is 8.18. The summed E-state index contributed by atoms with van der Waals surface area (Å²) in [5.41, 5.74) is 1.24. The first kappa shape index (κ1) is 12.8. The predicted octanol–water partition coefficient (Wildman–Crippen LogP) is 4.90. The normalized spacial score (nSPS) is 40.3. The van der Waals surface area contributed by atoms with E-state index in [1.165, 1.54) is 48.4 Å². The Hall–Kier alpha value is -1.54. The average molecular weight is 306 g/mol. The summed E-state index contributed by atoms with van der Waals surface area (Å²) in [6, 6.07) is 12.9. The summed E-state index contributed by atoms with van der Waals surface area (Å²) in [5, 5.41) is 2.56. The topological polar surface area (TPSA) is 18.5 Å². The quantitative estimate of drug-likeness (QED) is 0.689. The van der Waals surface area contributed by atoms with Crippen molar-refractivity contribution in [2.24, 2.45) is 23.7 Å². The lowest BCUT2D eigenvalue weighted by Gasteiger charge is -2.60. The molecule has 1 aliphatic heterocycles. The Labute approximate surface area is 136 Å². The highest BCUT2D eigenvalue weighted by Gasteiger charge is 2.61. The van der Waals surface area contributed by atoms with Gasteiger partial charge in [-0.1, -0.05) is 30.3 Å². The fourth-order valence-electron chi connectivity index (χ4n) is 6.19. The number of ether oxygens (including phenoxy) is 2. The number of fused-ring (bicyclic) bond motifs is 3. The van der Waals surface area contributed by atoms with Crippen LogP contribution in [0.4, 0.5) is 0 Å². The molecule has 23 heavy (non-hydrogen) atoms. The van der Waals surface area contributed by atoms with Crippen LogP contribution in [-0.4, -0.2) is 5.79 Å². The van der Waals surface area contributed by atoms with Crippen molar-refractivity contribution in [3.63, 3.8) is 0 Å². The van der Waals surface area contributed by atoms with Gasteiger partial charge in [0.15, 0.2) is 0 Å². The SMILES string of the molecule is c1ccc2c3c(ccc2c1)OC1(OC3)C2CC3CC(C2)CC1C3. The van der Waals surface area contributed by atoms with E-state index in [4.69, 9.17) is 9.47 Å². The summed E-state index contributed by atoms with van der Waals surface area (Å²) < 4.78 is 13.2. The van der Waals surface area contributed by atoms with E-state index in [1.54, 1.807) is 0 Å². The van der Waals surface area contributed by atoms with Gasteiger partial charge >= 0.3 is 0 Å². The van der Waals surface area contributed by atoms with Gasteiger partial charge in [0.05, 0.1) is 6.61 Å². The van der Waals surface area contributed by atoms with E-state index in [2.05, 4.69) is 36.4 Å². The molecule has 0 N–H and O–H groups in total. The van der Waals surface area contributed by atoms with E-state index in [0.717, 1.165) is 17.6 Å². The molecule has 118 valence electrons. The van der Waals surface area contributed by atoms with Gasteiger partial charge in [0, 0.05) is 17.4 Å². The summed E-state index contributed by atoms with van der Waals surface area (Å²) in [5.74, 6) is 3.85. The molecule has 2 heteroatoms. The van der Waals surface area contributed by atoms with Crippen LogP contribution in [0.1, 0.15) is 37.7 Å². The number of hydrogen-bond donors (Lipinski definition) is 0. The molecule has 7 rings (SSSR count). The van der Waals surface area contributed by atoms with E-state index in [9.17, 15) is 0 Å². The van der Waals surface area contributed by atoms with Crippen LogP contribution in [-0.2, 0) is 11.3 Å². The molecule has 5 aliphatic rings. The molecule has 0 radical (unpaired) electrons. The van der Waals surface area contributed by atoms with Crippen LogP contribution in [0.25, 0.3) is 10.8 Å². The van der Waals surface area contributed by atoms with Gasteiger partial charge in [0.1, 0.15) is 5.75 Å². The van der Waals surface area contributed by atoms with Gasteiger partial charge < -0.3 is 9.47 Å². The maximum atomic E-state index is 6.68. The summed E-state index contributed by atoms with van der Waals surface area (Å²) >= 11 is 0. The highest BCUT2D eigenvalue weighted by molar-refractivity contribution is 5.87. The lowest BCUT2D eigenvalue weighted by atomic mass is 9.53. The third-order valence-electron chi connectivity index (χ3n) is 6.99. The molecule has 4 bridgehead atoms. The van der Waals surface area contributed by atoms with Crippen molar-refractivity contribution in [1.82, 2.24) is 0 Å². The van der Waals surface area contributed by atoms with Gasteiger partial charge in [-0.15, -0.1) is 0 Å². The van der Waals surface area contributed by atoms with E-state index in [-0.39, 0.29) is 5.79 Å². The molecule has 1 spiro atoms. The lowest BCUT2D eigenvalue weighted by molar-refractivity contribution is -0.315. The van der Waals surface area contributed by atoms with Gasteiger partial charge in [-0.25, -0.2) is 0 Å². The number of rotatable bonds is 0. The van der Waals surface area contributed by atoms with Gasteiger partial charge in [-0.05, 0) is 60.8 Å². The second-order valence-corrected chi connectivity index (χ2v) is 8.18. The minimum Gasteiger partial charge on any atom is -0.461 e. The lowest BCUT2D eigenvalue weighted by Crippen LogP contribution is -2.63. The van der Waals surface area contributed by atoms with Gasteiger partial charge in [-0.3, -0.25) is 0 Å². The highest BCUT2D eigenvalue weighted by atomic mass is 16.7. The van der Waals surface area contributed by atoms with E-state index in [1.807, 2.05) is 0 Å². The molecule has 4 saturated carbocycles. The molecule has 0 atom stereocenters. The Kier molecular flexibility index (Phi) is 2.40. The van der Waals surface area contributed by atoms with Crippen molar-refractivity contribution in [2.45, 2.75) is 44.5 Å². The minimum atomic E-state index is -0.317. The molecule has 4 aliphatic carbocycles. The van der Waals surface area contributed by atoms with Gasteiger partial charge in [-0.2, -0.15) is 0 Å². The number of benzene rings is 2. The second kappa shape index (κ2) is 4.30. The molecule has 0 amide bonds. The Morgan fingerprint density at radius 3 is 2.35 bits per heavy atom. The minimum absolute atomic E-state index is 0.317. The standard InChI is InChI=1S/C21H22O2/c1-2-4-18-15(3-1)5-6-20-19(18)12-22-21(23-20)16-8-13-7-14(10-16)11-17(21)9-13/h1-6,13-14,16-17H,7-12H2. The monoisotopic (exact) mass is 306 g/mol. The third-order valence-corrected chi connectivity index (χ3v) is 6.99. The largest absolute Gasteiger partial charge is 0.461 e. The van der Waals surface area contributed by atoms with Crippen molar-refractivity contribution in [3.05, 3.63) is 42.0 Å². The predicted molar refractivity (Wildman–Crippen MR) is 89.1 cm³/mol. The van der Waals surface area contributed by atoms with Crippen LogP contribution in [0.5, 0.6) is 5.75 Å². The zero-order valence-electron chi connectivity index (χ0n) is 13.3. The summed E-state index contributed by atoms with van der Waals surface area (Å²) in [6.07, 6.45) is 6.72. The maximum absolute atomic E-state index is 6.68. The first-order chi connectivity index (χ1) is 11.3. The molecule has 0 unspecified atom stereocenters. The van der Waals surface area contributed by atoms with Crippen LogP contribution in [0, 0.1) is 23.7 Å². The van der Waals surface area contributed by atoms with E-state index in [0.29, 0.717) is 18.4 Å². The fraction of sp³-hybridized carbons (Fsp3) is 0.524. The molecule has 4 fully saturated rings. The molecular formula is C21H22O2. The number of hydrogen-bond acceptors (Lipinski definition) is 2. The fourth-order valence-corrected chi connectivity index (χ4v) is 6.19. The van der Waals surface area contributed by atoms with Crippen LogP contribution in [0.15, 0.2) is 36.4 Å². The Morgan fingerprint density at radius 2 is 1.57 bits per heavy atom. The van der Waals surface area contributed by atoms with Gasteiger partial charge in [0.25, 0.3) is 0 Å². The van der Waals surface area contributed by atoms with Crippen LogP contribution in [0.2, 0.25) is 0 Å². The first-order valence-electron chi connectivity index (χ1n) is 9.15. The summed E-state index contributed by atoms with van der Waals surface area (Å²) in [4.78, 5) is 0. The zero-order valence-corrected chi connectivity index (χ0v) is 13.3. The highest BCUT2D eigenvalue weighted by Crippen LogP contribution is 2.61. The summed E-state index contributed by atoms with van der Waals surface area (Å²) in [7, 11) is 0. The Morgan fingerprint density at radius 1 is 0.826 bits per heavy atom. The maximum Gasteiger partial charge on any atom is 0.216 e. The molecule has 0 aromatic heterocycles. The molecule has 0 saturated heterocycles. The third kappa shape index (κ3) is 1.63. The Balaban J connectivity index is 1.45. The van der Waals surface area contributed by atoms with E-state index < -0.39 is 0 Å². The first-order valence-corrected chi connectivity index (χ1v) is 9.15. The molecule has 2 aromatic rings. The van der Waals surface area contributed by atoms with Gasteiger partial charge in [0.2, 0.25) is 5.79 Å². The molecule has 2 nitrogen and oxygen atoms in total. The van der Waals surface area contributed by atoms with Crippen molar-refractivity contribution in [3.8, 4) is 5.75 Å². The van der Waals surface area contributed by atoms with Crippen molar-refractivity contribution >= 4 is 10.8 Å². The molecular weight excluding hydrogens is 284 g/mol. The Bertz CT molecular complexity index is 766. The average Bonchev–Trinajstić information content (AvgIpc) is 2.59. The van der Waals surface area contributed by atoms with Crippen LogP contribution in [0.3, 0.4) is 0 Å². The van der Waals surface area contributed by atoms with Crippen molar-refractivity contribution in [1.29, 1.82) is 0 Å².